The molecule has 2 N–H and O–H groups in total. The number of hydrogen-bond donors (Lipinski definition) is 1. The second-order valence-electron chi connectivity index (χ2n) is 4.30. The molecule has 1 unspecified atom stereocenters. The number of furan rings is 1. The van der Waals surface area contributed by atoms with E-state index in [1.165, 1.54) is 12.1 Å². The molecule has 2 rings (SSSR count). The van der Waals surface area contributed by atoms with Crippen LogP contribution < -0.4 is 5.73 Å². The van der Waals surface area contributed by atoms with Crippen molar-refractivity contribution in [3.8, 4) is 0 Å². The second-order valence-corrected chi connectivity index (χ2v) is 4.30. The van der Waals surface area contributed by atoms with Crippen molar-refractivity contribution in [3.05, 3.63) is 35.8 Å². The van der Waals surface area contributed by atoms with Crippen LogP contribution in [-0.2, 0) is 0 Å². The molecule has 7 heteroatoms. The smallest absolute Gasteiger partial charge is 0.413 e. The number of carbonyl (C=O) groups excluding carboxylic acids is 1. The predicted molar refractivity (Wildman–Crippen MR) is 59.1 cm³/mol. The molecule has 2 aromatic rings. The summed E-state index contributed by atoms with van der Waals surface area (Å²) in [7, 11) is 0. The van der Waals surface area contributed by atoms with Crippen LogP contribution in [-0.4, -0.2) is 17.5 Å². The molecule has 0 amide bonds. The van der Waals surface area contributed by atoms with Crippen LogP contribution in [0.25, 0.3) is 11.0 Å². The summed E-state index contributed by atoms with van der Waals surface area (Å²) in [6, 6.07) is 4.88. The molecule has 0 aliphatic heterocycles. The Labute approximate surface area is 105 Å². The summed E-state index contributed by atoms with van der Waals surface area (Å²) in [6.45, 7) is 0.541. The molecule has 19 heavy (non-hydrogen) atoms. The molecule has 0 aliphatic carbocycles. The first-order valence-electron chi connectivity index (χ1n) is 5.23. The van der Waals surface area contributed by atoms with E-state index in [0.717, 1.165) is 12.1 Å². The highest BCUT2D eigenvalue weighted by Gasteiger charge is 2.54. The van der Waals surface area contributed by atoms with Gasteiger partial charge in [-0.15, -0.1) is 0 Å². The first-order valence-corrected chi connectivity index (χ1v) is 5.23. The van der Waals surface area contributed by atoms with Gasteiger partial charge in [-0.05, 0) is 19.1 Å². The largest absolute Gasteiger partial charge is 0.450 e. The fourth-order valence-electron chi connectivity index (χ4n) is 1.52. The van der Waals surface area contributed by atoms with E-state index in [9.17, 15) is 22.4 Å². The summed E-state index contributed by atoms with van der Waals surface area (Å²) in [6.07, 6.45) is -4.93. The maximum Gasteiger partial charge on any atom is 0.413 e. The van der Waals surface area contributed by atoms with E-state index in [-0.39, 0.29) is 11.0 Å². The lowest BCUT2D eigenvalue weighted by Crippen LogP contribution is -2.57. The van der Waals surface area contributed by atoms with Crippen LogP contribution in [0.15, 0.2) is 28.7 Å². The van der Waals surface area contributed by atoms with Gasteiger partial charge >= 0.3 is 6.18 Å². The molecule has 0 saturated heterocycles. The highest BCUT2D eigenvalue weighted by molar-refractivity contribution is 6.03. The van der Waals surface area contributed by atoms with Gasteiger partial charge < -0.3 is 10.2 Å². The average molecular weight is 275 g/mol. The molecule has 0 aliphatic rings. The Balaban J connectivity index is 2.51. The molecule has 1 atom stereocenters. The quantitative estimate of drug-likeness (QED) is 0.677. The van der Waals surface area contributed by atoms with Crippen molar-refractivity contribution in [1.29, 1.82) is 0 Å². The van der Waals surface area contributed by atoms with Gasteiger partial charge in [0.15, 0.2) is 22.7 Å². The topological polar surface area (TPSA) is 56.2 Å². The third-order valence-electron chi connectivity index (χ3n) is 2.78. The number of hydrogen-bond acceptors (Lipinski definition) is 3. The zero-order valence-electron chi connectivity index (χ0n) is 9.72. The van der Waals surface area contributed by atoms with Crippen LogP contribution in [0, 0.1) is 5.82 Å². The zero-order valence-corrected chi connectivity index (χ0v) is 9.72. The molecule has 3 nitrogen and oxygen atoms in total. The number of rotatable bonds is 2. The van der Waals surface area contributed by atoms with Gasteiger partial charge in [-0.2, -0.15) is 13.2 Å². The van der Waals surface area contributed by atoms with E-state index in [0.29, 0.717) is 6.92 Å². The van der Waals surface area contributed by atoms with Gasteiger partial charge in [-0.3, -0.25) is 4.79 Å². The van der Waals surface area contributed by atoms with Gasteiger partial charge in [0.1, 0.15) is 0 Å². The van der Waals surface area contributed by atoms with Crippen molar-refractivity contribution in [2.24, 2.45) is 5.73 Å². The number of para-hydroxylation sites is 1. The second kappa shape index (κ2) is 4.06. The van der Waals surface area contributed by atoms with Crippen LogP contribution in [0.3, 0.4) is 0 Å². The first-order chi connectivity index (χ1) is 8.64. The maximum absolute atomic E-state index is 13.3. The highest BCUT2D eigenvalue weighted by Crippen LogP contribution is 2.32. The van der Waals surface area contributed by atoms with Crippen molar-refractivity contribution in [2.45, 2.75) is 18.6 Å². The van der Waals surface area contributed by atoms with Gasteiger partial charge in [0.2, 0.25) is 5.78 Å². The number of fused-ring (bicyclic) bond motifs is 1. The van der Waals surface area contributed by atoms with Gasteiger partial charge in [0.25, 0.3) is 0 Å². The van der Waals surface area contributed by atoms with E-state index >= 15 is 0 Å². The Morgan fingerprint density at radius 2 is 1.95 bits per heavy atom. The molecule has 1 aromatic carbocycles. The van der Waals surface area contributed by atoms with Gasteiger partial charge in [0.05, 0.1) is 0 Å². The van der Waals surface area contributed by atoms with Crippen molar-refractivity contribution in [1.82, 2.24) is 0 Å². The summed E-state index contributed by atoms with van der Waals surface area (Å²) in [4.78, 5) is 11.7. The molecule has 0 saturated carbocycles. The lowest BCUT2D eigenvalue weighted by atomic mass is 9.95. The van der Waals surface area contributed by atoms with E-state index in [1.54, 1.807) is 0 Å². The van der Waals surface area contributed by atoms with Crippen molar-refractivity contribution >= 4 is 16.8 Å². The normalized spacial score (nSPS) is 15.5. The summed E-state index contributed by atoms with van der Waals surface area (Å²) in [5, 5.41) is 0.196. The van der Waals surface area contributed by atoms with Crippen molar-refractivity contribution in [3.63, 3.8) is 0 Å². The first kappa shape index (κ1) is 13.5. The Bertz CT molecular complexity index is 643. The molecule has 1 heterocycles. The van der Waals surface area contributed by atoms with Gasteiger partial charge in [-0.1, -0.05) is 12.1 Å². The SMILES string of the molecule is CC(N)(C(=O)c1cc2cccc(F)c2o1)C(F)(F)F. The van der Waals surface area contributed by atoms with Crippen LogP contribution in [0.4, 0.5) is 17.6 Å². The Hall–Kier alpha value is -1.89. The number of ketones is 1. The van der Waals surface area contributed by atoms with Crippen LogP contribution >= 0.6 is 0 Å². The third kappa shape index (κ3) is 2.10. The van der Waals surface area contributed by atoms with E-state index in [4.69, 9.17) is 10.2 Å². The number of alkyl halides is 3. The van der Waals surface area contributed by atoms with E-state index < -0.39 is 29.1 Å². The third-order valence-corrected chi connectivity index (χ3v) is 2.78. The van der Waals surface area contributed by atoms with Crippen LogP contribution in [0.5, 0.6) is 0 Å². The molecule has 0 fully saturated rings. The van der Waals surface area contributed by atoms with Crippen LogP contribution in [0.1, 0.15) is 17.5 Å². The fraction of sp³-hybridized carbons (Fsp3) is 0.250. The summed E-state index contributed by atoms with van der Waals surface area (Å²) >= 11 is 0. The van der Waals surface area contributed by atoms with Crippen LogP contribution in [0.2, 0.25) is 0 Å². The molecule has 0 bridgehead atoms. The Morgan fingerprint density at radius 1 is 1.32 bits per heavy atom. The lowest BCUT2D eigenvalue weighted by molar-refractivity contribution is -0.166. The zero-order chi connectivity index (χ0) is 14.4. The Kier molecular flexibility index (Phi) is 2.89. The lowest BCUT2D eigenvalue weighted by Gasteiger charge is -2.24. The number of Topliss-reactive ketones (excluding diaryl/α,β-unsaturated/α-hetero) is 1. The standard InChI is InChI=1S/C12H9F4NO2/c1-11(17,12(14,15)16)10(18)8-5-6-3-2-4-7(13)9(6)19-8/h2-5H,17H2,1H3. The summed E-state index contributed by atoms with van der Waals surface area (Å²) < 4.78 is 56.1. The summed E-state index contributed by atoms with van der Waals surface area (Å²) in [5.74, 6) is -2.83. The number of benzene rings is 1. The molecular weight excluding hydrogens is 266 g/mol. The molecule has 1 aromatic heterocycles. The predicted octanol–water partition coefficient (Wildman–Crippen LogP) is 3.03. The average Bonchev–Trinajstić information content (AvgIpc) is 2.71. The minimum absolute atomic E-state index is 0.196. The minimum Gasteiger partial charge on any atom is -0.450 e. The van der Waals surface area contributed by atoms with Gasteiger partial charge in [0, 0.05) is 5.39 Å². The Morgan fingerprint density at radius 3 is 2.47 bits per heavy atom. The van der Waals surface area contributed by atoms with Crippen molar-refractivity contribution in [2.75, 3.05) is 0 Å². The van der Waals surface area contributed by atoms with Crippen molar-refractivity contribution < 1.29 is 26.8 Å². The number of carbonyl (C=O) groups is 1. The highest BCUT2D eigenvalue weighted by atomic mass is 19.4. The van der Waals surface area contributed by atoms with Gasteiger partial charge in [-0.25, -0.2) is 4.39 Å². The maximum atomic E-state index is 13.3. The monoisotopic (exact) mass is 275 g/mol. The van der Waals surface area contributed by atoms with E-state index in [1.807, 2.05) is 0 Å². The number of halogens is 4. The minimum atomic E-state index is -4.93. The fourth-order valence-corrected chi connectivity index (χ4v) is 1.52. The molecule has 102 valence electrons. The molecule has 0 radical (unpaired) electrons. The number of nitrogens with two attached hydrogens (primary N) is 1. The summed E-state index contributed by atoms with van der Waals surface area (Å²) in [5.41, 5.74) is 1.64. The molecule has 0 spiro atoms. The molecular formula is C12H9F4NO2. The van der Waals surface area contributed by atoms with E-state index in [2.05, 4.69) is 0 Å².